The molecule has 0 amide bonds. The molecule has 0 unspecified atom stereocenters. The molecule has 0 atom stereocenters. The Kier molecular flexibility index (Phi) is 4.28. The lowest BCUT2D eigenvalue weighted by Crippen LogP contribution is -2.26. The van der Waals surface area contributed by atoms with Crippen LogP contribution in [-0.2, 0) is 6.54 Å². The largest absolute Gasteiger partial charge is 0.365 e. The minimum atomic E-state index is 0.0594. The number of pyridine rings is 1. The summed E-state index contributed by atoms with van der Waals surface area (Å²) in [5.74, 6) is 0.435. The molecule has 0 aliphatic carbocycles. The Labute approximate surface area is 123 Å². The van der Waals surface area contributed by atoms with Crippen LogP contribution >= 0.6 is 11.3 Å². The summed E-state index contributed by atoms with van der Waals surface area (Å²) >= 11 is 1.52. The van der Waals surface area contributed by atoms with Crippen molar-refractivity contribution in [2.75, 3.05) is 12.4 Å². The lowest BCUT2D eigenvalue weighted by Gasteiger charge is -2.15. The predicted molar refractivity (Wildman–Crippen MR) is 85.7 cm³/mol. The highest BCUT2D eigenvalue weighted by atomic mass is 32.1. The van der Waals surface area contributed by atoms with E-state index in [0.29, 0.717) is 11.5 Å². The molecule has 5 heteroatoms. The molecule has 0 fully saturated rings. The van der Waals surface area contributed by atoms with E-state index in [9.17, 15) is 4.79 Å². The molecule has 0 spiro atoms. The number of rotatable bonds is 4. The van der Waals surface area contributed by atoms with Crippen LogP contribution in [0.4, 0.5) is 5.13 Å². The Morgan fingerprint density at radius 2 is 2.10 bits per heavy atom. The number of aromatic nitrogens is 2. The van der Waals surface area contributed by atoms with E-state index in [0.717, 1.165) is 28.6 Å². The summed E-state index contributed by atoms with van der Waals surface area (Å²) in [6.07, 6.45) is 0. The number of anilines is 1. The van der Waals surface area contributed by atoms with Gasteiger partial charge in [-0.05, 0) is 31.4 Å². The molecule has 2 rings (SSSR count). The van der Waals surface area contributed by atoms with Gasteiger partial charge in [-0.15, -0.1) is 11.3 Å². The fraction of sp³-hybridized carbons (Fsp3) is 0.467. The van der Waals surface area contributed by atoms with E-state index in [4.69, 9.17) is 0 Å². The Morgan fingerprint density at radius 3 is 2.65 bits per heavy atom. The van der Waals surface area contributed by atoms with Gasteiger partial charge in [-0.25, -0.2) is 4.98 Å². The molecule has 0 saturated heterocycles. The average Bonchev–Trinajstić information content (AvgIpc) is 2.82. The first-order valence-electron chi connectivity index (χ1n) is 6.78. The number of nitrogens with zero attached hydrogens (tertiary/aromatic N) is 2. The van der Waals surface area contributed by atoms with Gasteiger partial charge in [0.1, 0.15) is 0 Å². The van der Waals surface area contributed by atoms with Gasteiger partial charge >= 0.3 is 0 Å². The molecule has 2 aromatic heterocycles. The maximum atomic E-state index is 12.8. The van der Waals surface area contributed by atoms with Crippen LogP contribution in [0.25, 0.3) is 11.3 Å². The third-order valence-corrected chi connectivity index (χ3v) is 4.09. The molecule has 0 aromatic carbocycles. The second-order valence-electron chi connectivity index (χ2n) is 5.44. The van der Waals surface area contributed by atoms with Crippen LogP contribution < -0.4 is 10.9 Å². The zero-order valence-corrected chi connectivity index (χ0v) is 13.5. The first-order valence-corrected chi connectivity index (χ1v) is 7.66. The lowest BCUT2D eigenvalue weighted by atomic mass is 10.1. The fourth-order valence-electron chi connectivity index (χ4n) is 2.33. The monoisotopic (exact) mass is 291 g/mol. The highest BCUT2D eigenvalue weighted by Crippen LogP contribution is 2.25. The van der Waals surface area contributed by atoms with E-state index in [-0.39, 0.29) is 5.56 Å². The molecule has 4 nitrogen and oxygen atoms in total. The molecule has 2 aromatic rings. The summed E-state index contributed by atoms with van der Waals surface area (Å²) in [7, 11) is 1.83. The lowest BCUT2D eigenvalue weighted by molar-refractivity contribution is 0.502. The SMILES string of the molecule is CNc1nc(-c2c(C)cc(C)n(CC(C)C)c2=O)cs1. The molecule has 0 aliphatic rings. The number of nitrogens with one attached hydrogen (secondary N) is 1. The molecule has 0 saturated carbocycles. The van der Waals surface area contributed by atoms with Gasteiger partial charge in [0.25, 0.3) is 5.56 Å². The predicted octanol–water partition coefficient (Wildman–Crippen LogP) is 3.29. The number of hydrogen-bond donors (Lipinski definition) is 1. The fourth-order valence-corrected chi connectivity index (χ4v) is 3.00. The first-order chi connectivity index (χ1) is 9.43. The van der Waals surface area contributed by atoms with Crippen LogP contribution in [0.15, 0.2) is 16.2 Å². The van der Waals surface area contributed by atoms with Crippen molar-refractivity contribution < 1.29 is 0 Å². The third kappa shape index (κ3) is 2.77. The van der Waals surface area contributed by atoms with Gasteiger partial charge in [0.05, 0.1) is 11.3 Å². The van der Waals surface area contributed by atoms with Crippen molar-refractivity contribution >= 4 is 16.5 Å². The van der Waals surface area contributed by atoms with Crippen LogP contribution in [0.5, 0.6) is 0 Å². The molecule has 108 valence electrons. The number of hydrogen-bond acceptors (Lipinski definition) is 4. The van der Waals surface area contributed by atoms with Crippen LogP contribution in [0.1, 0.15) is 25.1 Å². The van der Waals surface area contributed by atoms with Gasteiger partial charge in [-0.2, -0.15) is 0 Å². The Bertz CT molecular complexity index is 670. The summed E-state index contributed by atoms with van der Waals surface area (Å²) in [6.45, 7) is 8.93. The van der Waals surface area contributed by atoms with Crippen molar-refractivity contribution in [3.8, 4) is 11.3 Å². The number of aryl methyl sites for hydroxylation is 2. The maximum Gasteiger partial charge on any atom is 0.260 e. The molecule has 0 bridgehead atoms. The first kappa shape index (κ1) is 14.8. The van der Waals surface area contributed by atoms with Crippen LogP contribution in [0.3, 0.4) is 0 Å². The highest BCUT2D eigenvalue weighted by molar-refractivity contribution is 7.14. The van der Waals surface area contributed by atoms with Gasteiger partial charge in [0.15, 0.2) is 5.13 Å². The summed E-state index contributed by atoms with van der Waals surface area (Å²) in [5.41, 5.74) is 3.53. The average molecular weight is 291 g/mol. The topological polar surface area (TPSA) is 46.9 Å². The van der Waals surface area contributed by atoms with Crippen molar-refractivity contribution in [1.29, 1.82) is 0 Å². The molecule has 2 heterocycles. The Balaban J connectivity index is 2.61. The van der Waals surface area contributed by atoms with Gasteiger partial charge in [-0.1, -0.05) is 13.8 Å². The summed E-state index contributed by atoms with van der Waals surface area (Å²) in [6, 6.07) is 2.07. The second kappa shape index (κ2) is 5.79. The quantitative estimate of drug-likeness (QED) is 0.940. The minimum Gasteiger partial charge on any atom is -0.365 e. The zero-order chi connectivity index (χ0) is 14.9. The normalized spacial score (nSPS) is 11.1. The van der Waals surface area contributed by atoms with E-state index >= 15 is 0 Å². The molecule has 0 aliphatic heterocycles. The molecule has 1 N–H and O–H groups in total. The summed E-state index contributed by atoms with van der Waals surface area (Å²) < 4.78 is 1.85. The minimum absolute atomic E-state index is 0.0594. The van der Waals surface area contributed by atoms with Crippen molar-refractivity contribution in [1.82, 2.24) is 9.55 Å². The molecular weight excluding hydrogens is 270 g/mol. The molecule has 0 radical (unpaired) electrons. The standard InChI is InChI=1S/C15H21N3OS/c1-9(2)7-18-11(4)6-10(3)13(14(18)19)12-8-20-15(16-5)17-12/h6,8-9H,7H2,1-5H3,(H,16,17). The Morgan fingerprint density at radius 1 is 1.40 bits per heavy atom. The van der Waals surface area contributed by atoms with E-state index in [2.05, 4.69) is 30.2 Å². The summed E-state index contributed by atoms with van der Waals surface area (Å²) in [5, 5.41) is 5.78. The van der Waals surface area contributed by atoms with Crippen molar-refractivity contribution in [2.24, 2.45) is 5.92 Å². The van der Waals surface area contributed by atoms with Gasteiger partial charge in [0, 0.05) is 24.7 Å². The third-order valence-electron chi connectivity index (χ3n) is 3.23. The van der Waals surface area contributed by atoms with Gasteiger partial charge < -0.3 is 9.88 Å². The zero-order valence-electron chi connectivity index (χ0n) is 12.7. The van der Waals surface area contributed by atoms with Crippen molar-refractivity contribution in [3.05, 3.63) is 33.1 Å². The highest BCUT2D eigenvalue weighted by Gasteiger charge is 2.15. The molecular formula is C15H21N3OS. The summed E-state index contributed by atoms with van der Waals surface area (Å²) in [4.78, 5) is 17.2. The van der Waals surface area contributed by atoms with E-state index in [1.165, 1.54) is 11.3 Å². The van der Waals surface area contributed by atoms with Crippen LogP contribution in [-0.4, -0.2) is 16.6 Å². The number of thiazole rings is 1. The van der Waals surface area contributed by atoms with Gasteiger partial charge in [0.2, 0.25) is 0 Å². The maximum absolute atomic E-state index is 12.8. The van der Waals surface area contributed by atoms with Gasteiger partial charge in [-0.3, -0.25) is 4.79 Å². The van der Waals surface area contributed by atoms with E-state index in [1.807, 2.05) is 30.8 Å². The smallest absolute Gasteiger partial charge is 0.260 e. The van der Waals surface area contributed by atoms with E-state index in [1.54, 1.807) is 0 Å². The molecule has 20 heavy (non-hydrogen) atoms. The van der Waals surface area contributed by atoms with Crippen LogP contribution in [0, 0.1) is 19.8 Å². The second-order valence-corrected chi connectivity index (χ2v) is 6.30. The van der Waals surface area contributed by atoms with Crippen molar-refractivity contribution in [2.45, 2.75) is 34.2 Å². The Hall–Kier alpha value is -1.62. The van der Waals surface area contributed by atoms with Crippen LogP contribution in [0.2, 0.25) is 0 Å². The van der Waals surface area contributed by atoms with E-state index < -0.39 is 0 Å². The van der Waals surface area contributed by atoms with Crippen molar-refractivity contribution in [3.63, 3.8) is 0 Å².